The standard InChI is InChI=1S/C18H18ClN3O2/c1-24-14-8-6-13(7-9-14)12-20-17(23)10-11-22-16-5-3-2-4-15(16)18(19)21-22/h2-9H,10-12H2,1H3,(H,20,23). The van der Waals surface area contributed by atoms with Gasteiger partial charge < -0.3 is 10.1 Å². The zero-order valence-corrected chi connectivity index (χ0v) is 14.1. The average molecular weight is 344 g/mol. The summed E-state index contributed by atoms with van der Waals surface area (Å²) in [6.45, 7) is 0.977. The smallest absolute Gasteiger partial charge is 0.222 e. The molecule has 1 N–H and O–H groups in total. The van der Waals surface area contributed by atoms with Crippen LogP contribution in [0.15, 0.2) is 48.5 Å². The normalized spacial score (nSPS) is 10.8. The highest BCUT2D eigenvalue weighted by molar-refractivity contribution is 6.34. The number of fused-ring (bicyclic) bond motifs is 1. The predicted molar refractivity (Wildman–Crippen MR) is 94.2 cm³/mol. The average Bonchev–Trinajstić information content (AvgIpc) is 2.95. The van der Waals surface area contributed by atoms with E-state index in [9.17, 15) is 4.79 Å². The van der Waals surface area contributed by atoms with Gasteiger partial charge in [0.1, 0.15) is 5.75 Å². The Morgan fingerprint density at radius 2 is 1.96 bits per heavy atom. The molecule has 1 heterocycles. The van der Waals surface area contributed by atoms with E-state index in [1.54, 1.807) is 11.8 Å². The number of methoxy groups -OCH3 is 1. The molecule has 0 saturated heterocycles. The van der Waals surface area contributed by atoms with E-state index in [1.165, 1.54) is 0 Å². The Morgan fingerprint density at radius 1 is 1.21 bits per heavy atom. The predicted octanol–water partition coefficient (Wildman–Crippen LogP) is 3.40. The van der Waals surface area contributed by atoms with Crippen molar-refractivity contribution < 1.29 is 9.53 Å². The van der Waals surface area contributed by atoms with Gasteiger partial charge in [0.15, 0.2) is 5.15 Å². The molecule has 0 spiro atoms. The number of rotatable bonds is 6. The maximum atomic E-state index is 12.0. The van der Waals surface area contributed by atoms with E-state index < -0.39 is 0 Å². The Labute approximate surface area is 145 Å². The number of aromatic nitrogens is 2. The van der Waals surface area contributed by atoms with Gasteiger partial charge in [0.2, 0.25) is 5.91 Å². The van der Waals surface area contributed by atoms with E-state index in [4.69, 9.17) is 16.3 Å². The van der Waals surface area contributed by atoms with Crippen LogP contribution in [0.4, 0.5) is 0 Å². The van der Waals surface area contributed by atoms with Gasteiger partial charge in [-0.3, -0.25) is 9.48 Å². The molecule has 0 radical (unpaired) electrons. The van der Waals surface area contributed by atoms with Crippen LogP contribution in [0.1, 0.15) is 12.0 Å². The van der Waals surface area contributed by atoms with Gasteiger partial charge in [-0.15, -0.1) is 0 Å². The molecule has 0 aliphatic heterocycles. The molecule has 0 saturated carbocycles. The number of amides is 1. The van der Waals surface area contributed by atoms with Crippen LogP contribution in [-0.4, -0.2) is 22.8 Å². The lowest BCUT2D eigenvalue weighted by atomic mass is 10.2. The topological polar surface area (TPSA) is 56.1 Å². The van der Waals surface area contributed by atoms with Crippen molar-refractivity contribution in [3.05, 3.63) is 59.2 Å². The summed E-state index contributed by atoms with van der Waals surface area (Å²) >= 11 is 6.12. The summed E-state index contributed by atoms with van der Waals surface area (Å²) in [5, 5.41) is 8.56. The van der Waals surface area contributed by atoms with Gasteiger partial charge >= 0.3 is 0 Å². The van der Waals surface area contributed by atoms with Crippen LogP contribution in [0, 0.1) is 0 Å². The van der Waals surface area contributed by atoms with Crippen molar-refractivity contribution >= 4 is 28.4 Å². The first-order valence-corrected chi connectivity index (χ1v) is 8.06. The van der Waals surface area contributed by atoms with Gasteiger partial charge in [0, 0.05) is 18.4 Å². The number of hydrogen-bond acceptors (Lipinski definition) is 3. The fourth-order valence-corrected chi connectivity index (χ4v) is 2.75. The van der Waals surface area contributed by atoms with E-state index in [-0.39, 0.29) is 5.91 Å². The number of aryl methyl sites for hydroxylation is 1. The highest BCUT2D eigenvalue weighted by Gasteiger charge is 2.09. The lowest BCUT2D eigenvalue weighted by molar-refractivity contribution is -0.121. The lowest BCUT2D eigenvalue weighted by Gasteiger charge is -2.07. The molecule has 3 aromatic rings. The Kier molecular flexibility index (Phi) is 5.01. The maximum absolute atomic E-state index is 12.0. The van der Waals surface area contributed by atoms with Gasteiger partial charge in [0.05, 0.1) is 19.2 Å². The minimum atomic E-state index is -0.0264. The quantitative estimate of drug-likeness (QED) is 0.746. The second-order valence-electron chi connectivity index (χ2n) is 5.41. The largest absolute Gasteiger partial charge is 0.497 e. The molecule has 0 fully saturated rings. The highest BCUT2D eigenvalue weighted by atomic mass is 35.5. The maximum Gasteiger partial charge on any atom is 0.222 e. The number of carbonyl (C=O) groups excluding carboxylic acids is 1. The summed E-state index contributed by atoms with van der Waals surface area (Å²) < 4.78 is 6.88. The number of halogens is 1. The molecule has 24 heavy (non-hydrogen) atoms. The number of para-hydroxylation sites is 1. The summed E-state index contributed by atoms with van der Waals surface area (Å²) in [7, 11) is 1.63. The summed E-state index contributed by atoms with van der Waals surface area (Å²) in [6.07, 6.45) is 0.345. The number of nitrogens with zero attached hydrogens (tertiary/aromatic N) is 2. The number of benzene rings is 2. The Morgan fingerprint density at radius 3 is 2.71 bits per heavy atom. The zero-order chi connectivity index (χ0) is 16.9. The Bertz CT molecular complexity index is 843. The number of hydrogen-bond donors (Lipinski definition) is 1. The van der Waals surface area contributed by atoms with E-state index in [2.05, 4.69) is 10.4 Å². The second kappa shape index (κ2) is 7.36. The monoisotopic (exact) mass is 343 g/mol. The minimum absolute atomic E-state index is 0.0264. The van der Waals surface area contributed by atoms with E-state index in [0.29, 0.717) is 24.7 Å². The molecular weight excluding hydrogens is 326 g/mol. The van der Waals surface area contributed by atoms with Gasteiger partial charge in [-0.1, -0.05) is 35.9 Å². The van der Waals surface area contributed by atoms with Gasteiger partial charge in [-0.05, 0) is 29.8 Å². The highest BCUT2D eigenvalue weighted by Crippen LogP contribution is 2.22. The molecule has 5 nitrogen and oxygen atoms in total. The Balaban J connectivity index is 1.55. The van der Waals surface area contributed by atoms with Crippen molar-refractivity contribution in [3.63, 3.8) is 0 Å². The third-order valence-corrected chi connectivity index (χ3v) is 4.09. The van der Waals surface area contributed by atoms with E-state index in [0.717, 1.165) is 22.2 Å². The summed E-state index contributed by atoms with van der Waals surface area (Å²) in [5.41, 5.74) is 1.96. The SMILES string of the molecule is COc1ccc(CNC(=O)CCn2nc(Cl)c3ccccc32)cc1. The van der Waals surface area contributed by atoms with Crippen LogP contribution in [0.3, 0.4) is 0 Å². The first kappa shape index (κ1) is 16.3. The molecule has 124 valence electrons. The molecule has 6 heteroatoms. The molecular formula is C18H18ClN3O2. The van der Waals surface area contributed by atoms with Gasteiger partial charge in [-0.2, -0.15) is 5.10 Å². The number of ether oxygens (including phenoxy) is 1. The summed E-state index contributed by atoms with van der Waals surface area (Å²) in [5.74, 6) is 0.772. The molecule has 0 unspecified atom stereocenters. The molecule has 0 aliphatic carbocycles. The van der Waals surface area contributed by atoms with Gasteiger partial charge in [-0.25, -0.2) is 0 Å². The molecule has 2 aromatic carbocycles. The van der Waals surface area contributed by atoms with Crippen LogP contribution in [0.5, 0.6) is 5.75 Å². The van der Waals surface area contributed by atoms with Crippen LogP contribution >= 0.6 is 11.6 Å². The minimum Gasteiger partial charge on any atom is -0.497 e. The molecule has 3 rings (SSSR count). The van der Waals surface area contributed by atoms with Crippen molar-refractivity contribution in [2.45, 2.75) is 19.5 Å². The molecule has 0 aliphatic rings. The van der Waals surface area contributed by atoms with E-state index in [1.807, 2.05) is 48.5 Å². The van der Waals surface area contributed by atoms with Crippen molar-refractivity contribution in [1.29, 1.82) is 0 Å². The van der Waals surface area contributed by atoms with Crippen molar-refractivity contribution in [2.75, 3.05) is 7.11 Å². The fourth-order valence-electron chi connectivity index (χ4n) is 2.50. The van der Waals surface area contributed by atoms with Crippen LogP contribution in [0.2, 0.25) is 5.15 Å². The summed E-state index contributed by atoms with van der Waals surface area (Å²) in [4.78, 5) is 12.0. The third kappa shape index (κ3) is 3.68. The molecule has 1 amide bonds. The first-order valence-electron chi connectivity index (χ1n) is 7.68. The fraction of sp³-hybridized carbons (Fsp3) is 0.222. The second-order valence-corrected chi connectivity index (χ2v) is 5.76. The van der Waals surface area contributed by atoms with Crippen LogP contribution in [-0.2, 0) is 17.9 Å². The molecule has 0 bridgehead atoms. The summed E-state index contributed by atoms with van der Waals surface area (Å²) in [6, 6.07) is 15.3. The van der Waals surface area contributed by atoms with Crippen molar-refractivity contribution in [3.8, 4) is 5.75 Å². The third-order valence-electron chi connectivity index (χ3n) is 3.81. The molecule has 1 aromatic heterocycles. The first-order chi connectivity index (χ1) is 11.7. The van der Waals surface area contributed by atoms with E-state index >= 15 is 0 Å². The number of carbonyl (C=O) groups is 1. The van der Waals surface area contributed by atoms with Gasteiger partial charge in [0.25, 0.3) is 0 Å². The van der Waals surface area contributed by atoms with Crippen LogP contribution in [0.25, 0.3) is 10.9 Å². The van der Waals surface area contributed by atoms with Crippen LogP contribution < -0.4 is 10.1 Å². The van der Waals surface area contributed by atoms with Crippen molar-refractivity contribution in [1.82, 2.24) is 15.1 Å². The molecule has 0 atom stereocenters. The van der Waals surface area contributed by atoms with Crippen molar-refractivity contribution in [2.24, 2.45) is 0 Å². The Hall–Kier alpha value is -2.53. The zero-order valence-electron chi connectivity index (χ0n) is 13.3. The number of nitrogens with one attached hydrogen (secondary N) is 1. The lowest BCUT2D eigenvalue weighted by Crippen LogP contribution is -2.24.